The number of carbonyl (C=O) groups is 1. The van der Waals surface area contributed by atoms with Gasteiger partial charge in [0.25, 0.3) is 0 Å². The summed E-state index contributed by atoms with van der Waals surface area (Å²) in [5.74, 6) is 0. The second-order valence-corrected chi connectivity index (χ2v) is 1.69. The van der Waals surface area contributed by atoms with Gasteiger partial charge in [0.15, 0.2) is 0 Å². The maximum atomic E-state index is 9.47. The summed E-state index contributed by atoms with van der Waals surface area (Å²) < 4.78 is 0.472. The monoisotopic (exact) mass is 183 g/mol. The van der Waals surface area contributed by atoms with Crippen LogP contribution < -0.4 is 0 Å². The van der Waals surface area contributed by atoms with Crippen molar-refractivity contribution in [3.05, 3.63) is 0 Å². The first-order valence-electron chi connectivity index (χ1n) is 1.05. The molecule has 0 saturated carbocycles. The van der Waals surface area contributed by atoms with Crippen LogP contribution in [0.1, 0.15) is 0 Å². The van der Waals surface area contributed by atoms with Gasteiger partial charge < -0.3 is 5.11 Å². The molecule has 0 spiro atoms. The van der Waals surface area contributed by atoms with Crippen LogP contribution in [0.25, 0.3) is 0 Å². The third-order valence-electron chi connectivity index (χ3n) is 0.171. The third-order valence-corrected chi connectivity index (χ3v) is 0.513. The average molecular weight is 184 g/mol. The molecule has 0 atom stereocenters. The predicted molar refractivity (Wildman–Crippen MR) is 27.8 cm³/mol. The normalized spacial score (nSPS) is 6.57. The van der Waals surface area contributed by atoms with Crippen molar-refractivity contribution in [2.75, 3.05) is 0 Å². The molecule has 7 heavy (non-hydrogen) atoms. The Morgan fingerprint density at radius 1 is 1.57 bits per heavy atom. The molecular weight excluding hydrogens is 181 g/mol. The van der Waals surface area contributed by atoms with Crippen LogP contribution in [0.2, 0.25) is 0 Å². The molecule has 0 aliphatic heterocycles. The van der Waals surface area contributed by atoms with Gasteiger partial charge in [0.2, 0.25) is 0 Å². The number of carboxylic acid groups (broad SMARTS) is 1. The van der Waals surface area contributed by atoms with Crippen LogP contribution in [-0.2, 0) is 16.5 Å². The van der Waals surface area contributed by atoms with E-state index in [0.717, 1.165) is 0 Å². The average Bonchev–Trinajstić information content (AvgIpc) is 1.36. The number of thiol groups is 2. The quantitative estimate of drug-likeness (QED) is 0.382. The first-order chi connectivity index (χ1) is 2.64. The minimum Gasteiger partial charge on any atom is -0.464 e. The van der Waals surface area contributed by atoms with Gasteiger partial charge in [0.05, 0.1) is 0 Å². The van der Waals surface area contributed by atoms with E-state index in [1.54, 1.807) is 0 Å². The molecule has 46 valence electrons. The van der Waals surface area contributed by atoms with E-state index >= 15 is 0 Å². The van der Waals surface area contributed by atoms with Crippen molar-refractivity contribution in [1.82, 2.24) is 3.71 Å². The smallest absolute Gasteiger partial charge is 0.427 e. The molecule has 0 radical (unpaired) electrons. The van der Waals surface area contributed by atoms with Gasteiger partial charge in [-0.15, -0.1) is 0 Å². The third kappa shape index (κ3) is 6.46. The molecule has 1 amide bonds. The molecule has 0 aromatic rings. The maximum absolute atomic E-state index is 9.47. The zero-order valence-corrected chi connectivity index (χ0v) is 5.79. The Kier molecular flexibility index (Phi) is 6.89. The molecule has 0 fully saturated rings. The van der Waals surface area contributed by atoms with Crippen molar-refractivity contribution < 1.29 is 26.4 Å². The Labute approximate surface area is 62.1 Å². The topological polar surface area (TPSA) is 40.5 Å². The van der Waals surface area contributed by atoms with Crippen LogP contribution in [0.4, 0.5) is 4.79 Å². The van der Waals surface area contributed by atoms with Crippen LogP contribution in [0.5, 0.6) is 0 Å². The van der Waals surface area contributed by atoms with E-state index in [4.69, 9.17) is 5.11 Å². The van der Waals surface area contributed by atoms with Crippen LogP contribution >= 0.6 is 25.6 Å². The van der Waals surface area contributed by atoms with Gasteiger partial charge >= 0.3 is 6.09 Å². The van der Waals surface area contributed by atoms with Crippen molar-refractivity contribution in [1.29, 1.82) is 0 Å². The van der Waals surface area contributed by atoms with E-state index in [2.05, 4.69) is 25.6 Å². The molecule has 0 saturated heterocycles. The summed E-state index contributed by atoms with van der Waals surface area (Å²) in [5, 5.41) is 7.76. The van der Waals surface area contributed by atoms with Gasteiger partial charge in [0, 0.05) is 16.5 Å². The summed E-state index contributed by atoms with van der Waals surface area (Å²) in [6.45, 7) is 0. The molecule has 0 rings (SSSR count). The SMILES string of the molecule is O=C(O)N(S)S.[Ni]. The molecule has 0 unspecified atom stereocenters. The Morgan fingerprint density at radius 3 is 1.71 bits per heavy atom. The Balaban J connectivity index is 0. The van der Waals surface area contributed by atoms with Gasteiger partial charge in [-0.3, -0.25) is 0 Å². The van der Waals surface area contributed by atoms with Crippen LogP contribution in [0.3, 0.4) is 0 Å². The minimum absolute atomic E-state index is 0. The van der Waals surface area contributed by atoms with Crippen molar-refractivity contribution in [3.8, 4) is 0 Å². The number of amides is 1. The number of hydrogen-bond donors (Lipinski definition) is 3. The molecular formula is CH3NNiO2S2. The Hall–Kier alpha value is 0.464. The van der Waals surface area contributed by atoms with Gasteiger partial charge in [0.1, 0.15) is 0 Å². The van der Waals surface area contributed by atoms with Gasteiger partial charge in [-0.25, -0.2) is 4.79 Å². The number of nitrogens with zero attached hydrogens (tertiary/aromatic N) is 1. The fourth-order valence-electron chi connectivity index (χ4n) is 0. The first-order valence-corrected chi connectivity index (χ1v) is 1.85. The summed E-state index contributed by atoms with van der Waals surface area (Å²) in [5.41, 5.74) is 0. The van der Waals surface area contributed by atoms with E-state index in [1.165, 1.54) is 0 Å². The minimum atomic E-state index is -1.18. The summed E-state index contributed by atoms with van der Waals surface area (Å²) in [7, 11) is 0. The number of rotatable bonds is 0. The molecule has 0 aliphatic rings. The van der Waals surface area contributed by atoms with Crippen LogP contribution in [0.15, 0.2) is 0 Å². The standard InChI is InChI=1S/CH3NO2S2.Ni/c3-1(4)2(5)6;/h5-6H,(H,3,4);. The Morgan fingerprint density at radius 2 is 1.71 bits per heavy atom. The van der Waals surface area contributed by atoms with E-state index in [-0.39, 0.29) is 16.5 Å². The van der Waals surface area contributed by atoms with E-state index in [1.807, 2.05) is 0 Å². The zero-order chi connectivity index (χ0) is 5.15. The predicted octanol–water partition coefficient (Wildman–Crippen LogP) is 0.653. The number of hydrogen-bond acceptors (Lipinski definition) is 3. The largest absolute Gasteiger partial charge is 0.464 e. The van der Waals surface area contributed by atoms with Crippen molar-refractivity contribution in [2.24, 2.45) is 0 Å². The second-order valence-electron chi connectivity index (χ2n) is 0.572. The maximum Gasteiger partial charge on any atom is 0.427 e. The van der Waals surface area contributed by atoms with E-state index < -0.39 is 6.09 Å². The molecule has 0 bridgehead atoms. The Bertz CT molecular complexity index is 66.7. The van der Waals surface area contributed by atoms with Crippen molar-refractivity contribution >= 4 is 31.7 Å². The summed E-state index contributed by atoms with van der Waals surface area (Å²) >= 11 is 6.58. The summed E-state index contributed by atoms with van der Waals surface area (Å²) in [4.78, 5) is 9.47. The second kappa shape index (κ2) is 4.62. The molecule has 1 N–H and O–H groups in total. The molecule has 6 heteroatoms. The summed E-state index contributed by atoms with van der Waals surface area (Å²) in [6.07, 6.45) is -1.18. The molecule has 0 heterocycles. The molecule has 0 aromatic heterocycles. The first kappa shape index (κ1) is 10.4. The fourth-order valence-corrected chi connectivity index (χ4v) is 0. The zero-order valence-electron chi connectivity index (χ0n) is 3.01. The van der Waals surface area contributed by atoms with Gasteiger partial charge in [-0.1, -0.05) is 0 Å². The fraction of sp³-hybridized carbons (Fsp3) is 0. The van der Waals surface area contributed by atoms with Crippen molar-refractivity contribution in [3.63, 3.8) is 0 Å². The van der Waals surface area contributed by atoms with Gasteiger partial charge in [-0.05, 0) is 25.6 Å². The van der Waals surface area contributed by atoms with Gasteiger partial charge in [-0.2, -0.15) is 3.71 Å². The molecule has 0 aliphatic carbocycles. The summed E-state index contributed by atoms with van der Waals surface area (Å²) in [6, 6.07) is 0. The van der Waals surface area contributed by atoms with Crippen LogP contribution in [0, 0.1) is 0 Å². The van der Waals surface area contributed by atoms with E-state index in [9.17, 15) is 4.79 Å². The molecule has 3 nitrogen and oxygen atoms in total. The van der Waals surface area contributed by atoms with Crippen molar-refractivity contribution in [2.45, 2.75) is 0 Å². The van der Waals surface area contributed by atoms with E-state index in [0.29, 0.717) is 3.71 Å². The molecule has 0 aromatic carbocycles. The van der Waals surface area contributed by atoms with Crippen LogP contribution in [-0.4, -0.2) is 14.9 Å².